The molecule has 0 heterocycles. The zero-order valence-electron chi connectivity index (χ0n) is 13.9. The van der Waals surface area contributed by atoms with Crippen molar-refractivity contribution >= 4 is 19.2 Å². The second-order valence-electron chi connectivity index (χ2n) is 6.06. The summed E-state index contributed by atoms with van der Waals surface area (Å²) in [5.74, 6) is 6.38. The summed E-state index contributed by atoms with van der Waals surface area (Å²) in [5, 5.41) is 1.30. The summed E-state index contributed by atoms with van der Waals surface area (Å²) >= 11 is 0. The monoisotopic (exact) mass is 322 g/mol. The van der Waals surface area contributed by atoms with Gasteiger partial charge in [0.1, 0.15) is 0 Å². The number of hydrogen-bond acceptors (Lipinski definition) is 2. The topological polar surface area (TPSA) is 26.3 Å². The Morgan fingerprint density at radius 1 is 1.04 bits per heavy atom. The zero-order valence-corrected chi connectivity index (χ0v) is 14.9. The summed E-state index contributed by atoms with van der Waals surface area (Å²) in [4.78, 5) is 11.8. The number of rotatable bonds is 4. The maximum atomic E-state index is 11.8. The van der Waals surface area contributed by atoms with Gasteiger partial charge in [0.2, 0.25) is 0 Å². The first-order valence-electron chi connectivity index (χ1n) is 7.73. The highest BCUT2D eigenvalue weighted by atomic mass is 28.3. The van der Waals surface area contributed by atoms with Crippen LogP contribution in [-0.2, 0) is 9.53 Å². The molecule has 2 aromatic carbocycles. The molecule has 0 saturated carbocycles. The first kappa shape index (κ1) is 17.0. The van der Waals surface area contributed by atoms with Crippen molar-refractivity contribution in [3.63, 3.8) is 0 Å². The quantitative estimate of drug-likeness (QED) is 0.488. The Hall–Kier alpha value is -2.31. The van der Waals surface area contributed by atoms with Crippen LogP contribution in [0.1, 0.15) is 12.0 Å². The molecule has 0 aromatic heterocycles. The molecular weight excluding hydrogens is 300 g/mol. The van der Waals surface area contributed by atoms with Crippen molar-refractivity contribution in [3.05, 3.63) is 66.2 Å². The normalized spacial score (nSPS) is 12.0. The highest BCUT2D eigenvalue weighted by Crippen LogP contribution is 2.25. The maximum absolute atomic E-state index is 11.8. The van der Waals surface area contributed by atoms with E-state index in [0.717, 1.165) is 5.56 Å². The van der Waals surface area contributed by atoms with Crippen LogP contribution < -0.4 is 5.19 Å². The van der Waals surface area contributed by atoms with E-state index < -0.39 is 8.07 Å². The minimum absolute atomic E-state index is 0.0116. The molecule has 2 rings (SSSR count). The van der Waals surface area contributed by atoms with Crippen molar-refractivity contribution in [2.45, 2.75) is 25.1 Å². The third-order valence-electron chi connectivity index (χ3n) is 4.15. The lowest BCUT2D eigenvalue weighted by molar-refractivity contribution is -0.140. The second-order valence-corrected chi connectivity index (χ2v) is 10.8. The predicted octanol–water partition coefficient (Wildman–Crippen LogP) is 3.59. The van der Waals surface area contributed by atoms with Crippen LogP contribution in [0.2, 0.25) is 18.6 Å². The first-order valence-corrected chi connectivity index (χ1v) is 10.8. The van der Waals surface area contributed by atoms with Crippen LogP contribution in [0.5, 0.6) is 0 Å². The molecule has 0 N–H and O–H groups in total. The van der Waals surface area contributed by atoms with E-state index in [1.807, 2.05) is 48.5 Å². The molecule has 118 valence electrons. The van der Waals surface area contributed by atoms with Crippen molar-refractivity contribution < 1.29 is 9.53 Å². The molecule has 0 radical (unpaired) electrons. The molecule has 0 unspecified atom stereocenters. The smallest absolute Gasteiger partial charge is 0.306 e. The lowest BCUT2D eigenvalue weighted by Gasteiger charge is -2.28. The standard InChI is InChI=1S/C20H22O2Si/c1-22-20(21)16-19(15-14-17-10-6-4-7-11-17)23(2,3)18-12-8-5-9-13-18/h4-13,19H,16H2,1-3H3/t19-/m0/s1. The Bertz CT molecular complexity index is 697. The number of carbonyl (C=O) groups is 1. The second kappa shape index (κ2) is 7.80. The van der Waals surface area contributed by atoms with Gasteiger partial charge in [0.05, 0.1) is 21.6 Å². The van der Waals surface area contributed by atoms with E-state index in [2.05, 4.69) is 37.1 Å². The van der Waals surface area contributed by atoms with Crippen LogP contribution in [0.25, 0.3) is 0 Å². The van der Waals surface area contributed by atoms with Gasteiger partial charge in [-0.2, -0.15) is 0 Å². The van der Waals surface area contributed by atoms with E-state index >= 15 is 0 Å². The highest BCUT2D eigenvalue weighted by Gasteiger charge is 2.34. The molecule has 2 aromatic rings. The van der Waals surface area contributed by atoms with Crippen LogP contribution in [0.15, 0.2) is 60.7 Å². The van der Waals surface area contributed by atoms with E-state index in [0.29, 0.717) is 6.42 Å². The molecule has 0 aliphatic rings. The molecule has 0 fully saturated rings. The average molecular weight is 322 g/mol. The van der Waals surface area contributed by atoms with Gasteiger partial charge in [0.25, 0.3) is 0 Å². The Labute approximate surface area is 139 Å². The fourth-order valence-corrected chi connectivity index (χ4v) is 5.06. The maximum Gasteiger partial charge on any atom is 0.306 e. The van der Waals surface area contributed by atoms with Crippen molar-refractivity contribution in [1.82, 2.24) is 0 Å². The third kappa shape index (κ3) is 4.58. The fourth-order valence-electron chi connectivity index (χ4n) is 2.50. The van der Waals surface area contributed by atoms with Crippen LogP contribution in [0, 0.1) is 11.8 Å². The minimum atomic E-state index is -1.92. The summed E-state index contributed by atoms with van der Waals surface area (Å²) in [6, 6.07) is 20.3. The molecular formula is C20H22O2Si. The zero-order chi connectivity index (χ0) is 16.7. The van der Waals surface area contributed by atoms with Crippen LogP contribution in [-0.4, -0.2) is 21.2 Å². The first-order chi connectivity index (χ1) is 11.0. The Morgan fingerprint density at radius 2 is 1.61 bits per heavy atom. The van der Waals surface area contributed by atoms with Gasteiger partial charge >= 0.3 is 5.97 Å². The molecule has 0 saturated heterocycles. The number of methoxy groups -OCH3 is 1. The van der Waals surface area contributed by atoms with Crippen molar-refractivity contribution in [2.75, 3.05) is 7.11 Å². The summed E-state index contributed by atoms with van der Waals surface area (Å²) in [6.45, 7) is 4.52. The van der Waals surface area contributed by atoms with Gasteiger partial charge in [-0.15, -0.1) is 0 Å². The molecule has 0 amide bonds. The average Bonchev–Trinajstić information content (AvgIpc) is 2.59. The van der Waals surface area contributed by atoms with Gasteiger partial charge in [-0.25, -0.2) is 0 Å². The Kier molecular flexibility index (Phi) is 5.78. The lowest BCUT2D eigenvalue weighted by Crippen LogP contribution is -2.46. The summed E-state index contributed by atoms with van der Waals surface area (Å²) in [6.07, 6.45) is 0.338. The molecule has 1 atom stereocenters. The van der Waals surface area contributed by atoms with Crippen molar-refractivity contribution in [1.29, 1.82) is 0 Å². The van der Waals surface area contributed by atoms with E-state index in [9.17, 15) is 4.79 Å². The number of ether oxygens (including phenoxy) is 1. The fraction of sp³-hybridized carbons (Fsp3) is 0.250. The number of benzene rings is 2. The van der Waals surface area contributed by atoms with Gasteiger partial charge in [-0.05, 0) is 12.1 Å². The SMILES string of the molecule is COC(=O)C[C@H](C#Cc1ccccc1)[Si](C)(C)c1ccccc1. The molecule has 2 nitrogen and oxygen atoms in total. The van der Waals surface area contributed by atoms with E-state index in [1.54, 1.807) is 0 Å². The van der Waals surface area contributed by atoms with Crippen LogP contribution in [0.4, 0.5) is 0 Å². The Balaban J connectivity index is 2.34. The molecule has 0 bridgehead atoms. The molecule has 0 aliphatic heterocycles. The third-order valence-corrected chi connectivity index (χ3v) is 8.06. The van der Waals surface area contributed by atoms with Crippen molar-refractivity contribution in [2.24, 2.45) is 0 Å². The molecule has 0 aliphatic carbocycles. The minimum Gasteiger partial charge on any atom is -0.469 e. The predicted molar refractivity (Wildman–Crippen MR) is 97.3 cm³/mol. The molecule has 3 heteroatoms. The van der Waals surface area contributed by atoms with E-state index in [1.165, 1.54) is 12.3 Å². The van der Waals surface area contributed by atoms with Crippen molar-refractivity contribution in [3.8, 4) is 11.8 Å². The number of carbonyl (C=O) groups excluding carboxylic acids is 1. The van der Waals surface area contributed by atoms with E-state index in [4.69, 9.17) is 4.74 Å². The lowest BCUT2D eigenvalue weighted by atomic mass is 10.2. The van der Waals surface area contributed by atoms with E-state index in [-0.39, 0.29) is 11.5 Å². The summed E-state index contributed by atoms with van der Waals surface area (Å²) in [5.41, 5.74) is 0.984. The van der Waals surface area contributed by atoms with Crippen LogP contribution in [0.3, 0.4) is 0 Å². The Morgan fingerprint density at radius 3 is 2.17 bits per heavy atom. The summed E-state index contributed by atoms with van der Waals surface area (Å²) < 4.78 is 4.88. The summed E-state index contributed by atoms with van der Waals surface area (Å²) in [7, 11) is -0.485. The molecule has 0 spiro atoms. The number of esters is 1. The van der Waals surface area contributed by atoms with Gasteiger partial charge in [0.15, 0.2) is 0 Å². The van der Waals surface area contributed by atoms with Crippen LogP contribution >= 0.6 is 0 Å². The van der Waals surface area contributed by atoms with Gasteiger partial charge in [-0.1, -0.05) is 78.7 Å². The number of hydrogen-bond donors (Lipinski definition) is 0. The van der Waals surface area contributed by atoms with Gasteiger partial charge in [-0.3, -0.25) is 4.79 Å². The highest BCUT2D eigenvalue weighted by molar-refractivity contribution is 6.91. The largest absolute Gasteiger partial charge is 0.469 e. The molecule has 23 heavy (non-hydrogen) atoms. The van der Waals surface area contributed by atoms with Gasteiger partial charge < -0.3 is 4.74 Å². The van der Waals surface area contributed by atoms with Gasteiger partial charge in [0, 0.05) is 11.1 Å².